The van der Waals surface area contributed by atoms with E-state index >= 15 is 0 Å². The van der Waals surface area contributed by atoms with Gasteiger partial charge < -0.3 is 19.9 Å². The van der Waals surface area contributed by atoms with E-state index in [1.807, 2.05) is 6.92 Å². The van der Waals surface area contributed by atoms with Gasteiger partial charge in [0, 0.05) is 20.6 Å². The molecule has 2 amide bonds. The second-order valence-electron chi connectivity index (χ2n) is 5.27. The van der Waals surface area contributed by atoms with Crippen molar-refractivity contribution >= 4 is 11.8 Å². The molecule has 1 fully saturated rings. The lowest BCUT2D eigenvalue weighted by atomic mass is 10.1. The molecule has 0 aromatic rings. The van der Waals surface area contributed by atoms with E-state index in [1.54, 1.807) is 19.0 Å². The summed E-state index contributed by atoms with van der Waals surface area (Å²) in [5, 5.41) is 3.28. The van der Waals surface area contributed by atoms with Gasteiger partial charge in [-0.1, -0.05) is 0 Å². The molecule has 1 rings (SSSR count). The third-order valence-electron chi connectivity index (χ3n) is 3.52. The Balaban J connectivity index is 2.26. The number of ether oxygens (including phenoxy) is 1. The maximum Gasteiger partial charge on any atom is 0.241 e. The molecule has 0 saturated carbocycles. The zero-order valence-corrected chi connectivity index (χ0v) is 12.9. The molecular weight excluding hydrogens is 258 g/mol. The molecule has 1 aliphatic rings. The molecule has 1 N–H and O–H groups in total. The zero-order chi connectivity index (χ0) is 15.0. The van der Waals surface area contributed by atoms with E-state index in [-0.39, 0.29) is 24.5 Å². The molecule has 1 heterocycles. The highest BCUT2D eigenvalue weighted by Crippen LogP contribution is 2.08. The summed E-state index contributed by atoms with van der Waals surface area (Å²) < 4.78 is 5.72. The normalized spacial score (nSPS) is 15.9. The van der Waals surface area contributed by atoms with Crippen molar-refractivity contribution in [2.45, 2.75) is 32.3 Å². The monoisotopic (exact) mass is 285 g/mol. The minimum Gasteiger partial charge on any atom is -0.378 e. The van der Waals surface area contributed by atoms with Crippen molar-refractivity contribution in [3.63, 3.8) is 0 Å². The van der Waals surface area contributed by atoms with Crippen LogP contribution in [0.2, 0.25) is 0 Å². The molecule has 0 aromatic heterocycles. The molecule has 6 nitrogen and oxygen atoms in total. The lowest BCUT2D eigenvalue weighted by molar-refractivity contribution is -0.140. The van der Waals surface area contributed by atoms with Crippen LogP contribution in [-0.4, -0.2) is 74.6 Å². The Bertz CT molecular complexity index is 315. The zero-order valence-electron chi connectivity index (χ0n) is 12.9. The van der Waals surface area contributed by atoms with Crippen LogP contribution in [0, 0.1) is 0 Å². The lowest BCUT2D eigenvalue weighted by Crippen LogP contribution is -2.40. The molecule has 116 valence electrons. The maximum atomic E-state index is 12.0. The minimum absolute atomic E-state index is 0.0170. The van der Waals surface area contributed by atoms with Gasteiger partial charge in [0.15, 0.2) is 0 Å². The van der Waals surface area contributed by atoms with Gasteiger partial charge in [-0.25, -0.2) is 0 Å². The fourth-order valence-electron chi connectivity index (χ4n) is 2.11. The molecule has 0 unspecified atom stereocenters. The Morgan fingerprint density at radius 1 is 1.20 bits per heavy atom. The summed E-state index contributed by atoms with van der Waals surface area (Å²) >= 11 is 0. The van der Waals surface area contributed by atoms with Crippen LogP contribution in [0.1, 0.15) is 26.2 Å². The van der Waals surface area contributed by atoms with Crippen molar-refractivity contribution in [3.8, 4) is 0 Å². The summed E-state index contributed by atoms with van der Waals surface area (Å²) in [6.07, 6.45) is 2.62. The standard InChI is InChI=1S/C14H27N3O3/c1-4-17(11-14(19)16(2)3)13(18)7-10-20-12-5-8-15-9-6-12/h12,15H,4-11H2,1-3H3. The van der Waals surface area contributed by atoms with Crippen LogP contribution in [-0.2, 0) is 14.3 Å². The first-order valence-corrected chi connectivity index (χ1v) is 7.34. The topological polar surface area (TPSA) is 61.9 Å². The predicted octanol–water partition coefficient (Wildman–Crippen LogP) is 0.0818. The number of nitrogens with one attached hydrogen (secondary N) is 1. The predicted molar refractivity (Wildman–Crippen MR) is 77.4 cm³/mol. The van der Waals surface area contributed by atoms with Gasteiger partial charge in [0.25, 0.3) is 0 Å². The highest BCUT2D eigenvalue weighted by molar-refractivity contribution is 5.84. The number of carbonyl (C=O) groups is 2. The van der Waals surface area contributed by atoms with E-state index in [4.69, 9.17) is 4.74 Å². The first-order chi connectivity index (χ1) is 9.54. The van der Waals surface area contributed by atoms with Gasteiger partial charge in [-0.3, -0.25) is 9.59 Å². The van der Waals surface area contributed by atoms with E-state index < -0.39 is 0 Å². The summed E-state index contributed by atoms with van der Waals surface area (Å²) in [6.45, 7) is 4.99. The van der Waals surface area contributed by atoms with Crippen LogP contribution in [0.15, 0.2) is 0 Å². The molecule has 1 saturated heterocycles. The van der Waals surface area contributed by atoms with Gasteiger partial charge in [0.05, 0.1) is 25.7 Å². The molecule has 20 heavy (non-hydrogen) atoms. The van der Waals surface area contributed by atoms with Crippen LogP contribution < -0.4 is 5.32 Å². The number of nitrogens with zero attached hydrogens (tertiary/aromatic N) is 2. The van der Waals surface area contributed by atoms with E-state index in [2.05, 4.69) is 5.32 Å². The van der Waals surface area contributed by atoms with E-state index in [0.29, 0.717) is 19.6 Å². The number of hydrogen-bond donors (Lipinski definition) is 1. The SMILES string of the molecule is CCN(CC(=O)N(C)C)C(=O)CCOC1CCNCC1. The number of likely N-dealkylation sites (N-methyl/N-ethyl adjacent to an activating group) is 2. The fraction of sp³-hybridized carbons (Fsp3) is 0.857. The summed E-state index contributed by atoms with van der Waals surface area (Å²) in [5.41, 5.74) is 0. The molecule has 1 aliphatic heterocycles. The van der Waals surface area contributed by atoms with Gasteiger partial charge >= 0.3 is 0 Å². The molecule has 0 radical (unpaired) electrons. The van der Waals surface area contributed by atoms with E-state index in [9.17, 15) is 9.59 Å². The fourth-order valence-corrected chi connectivity index (χ4v) is 2.11. The van der Waals surface area contributed by atoms with Crippen LogP contribution in [0.3, 0.4) is 0 Å². The number of carbonyl (C=O) groups excluding carboxylic acids is 2. The average molecular weight is 285 g/mol. The average Bonchev–Trinajstić information content (AvgIpc) is 2.45. The van der Waals surface area contributed by atoms with E-state index in [1.165, 1.54) is 4.90 Å². The second-order valence-corrected chi connectivity index (χ2v) is 5.27. The molecule has 0 spiro atoms. The summed E-state index contributed by atoms with van der Waals surface area (Å²) in [4.78, 5) is 26.7. The van der Waals surface area contributed by atoms with E-state index in [0.717, 1.165) is 25.9 Å². The van der Waals surface area contributed by atoms with Gasteiger partial charge in [0.2, 0.25) is 11.8 Å². The van der Waals surface area contributed by atoms with Gasteiger partial charge in [0.1, 0.15) is 0 Å². The maximum absolute atomic E-state index is 12.0. The highest BCUT2D eigenvalue weighted by atomic mass is 16.5. The lowest BCUT2D eigenvalue weighted by Gasteiger charge is -2.24. The molecule has 0 atom stereocenters. The Morgan fingerprint density at radius 3 is 2.40 bits per heavy atom. The third-order valence-corrected chi connectivity index (χ3v) is 3.52. The van der Waals surface area contributed by atoms with Crippen LogP contribution in [0.5, 0.6) is 0 Å². The third kappa shape index (κ3) is 5.88. The number of rotatable bonds is 7. The van der Waals surface area contributed by atoms with Crippen LogP contribution >= 0.6 is 0 Å². The van der Waals surface area contributed by atoms with Crippen molar-refractivity contribution in [1.82, 2.24) is 15.1 Å². The quantitative estimate of drug-likeness (QED) is 0.720. The Hall–Kier alpha value is -1.14. The Kier molecular flexibility index (Phi) is 7.54. The number of amides is 2. The molecule has 0 aliphatic carbocycles. The highest BCUT2D eigenvalue weighted by Gasteiger charge is 2.18. The first-order valence-electron chi connectivity index (χ1n) is 7.34. The first kappa shape index (κ1) is 16.9. The largest absolute Gasteiger partial charge is 0.378 e. The smallest absolute Gasteiger partial charge is 0.241 e. The molecular formula is C14H27N3O3. The van der Waals surface area contributed by atoms with Crippen molar-refractivity contribution in [3.05, 3.63) is 0 Å². The summed E-state index contributed by atoms with van der Waals surface area (Å²) in [5.74, 6) is -0.0730. The van der Waals surface area contributed by atoms with Crippen LogP contribution in [0.25, 0.3) is 0 Å². The Labute approximate surface area is 121 Å². The Morgan fingerprint density at radius 2 is 1.85 bits per heavy atom. The minimum atomic E-state index is -0.0560. The molecule has 0 bridgehead atoms. The molecule has 6 heteroatoms. The van der Waals surface area contributed by atoms with Crippen molar-refractivity contribution in [2.75, 3.05) is 46.9 Å². The van der Waals surface area contributed by atoms with Crippen molar-refractivity contribution < 1.29 is 14.3 Å². The van der Waals surface area contributed by atoms with Crippen LogP contribution in [0.4, 0.5) is 0 Å². The summed E-state index contributed by atoms with van der Waals surface area (Å²) in [6, 6.07) is 0. The summed E-state index contributed by atoms with van der Waals surface area (Å²) in [7, 11) is 3.39. The molecule has 0 aromatic carbocycles. The van der Waals surface area contributed by atoms with Gasteiger partial charge in [-0.15, -0.1) is 0 Å². The van der Waals surface area contributed by atoms with Crippen molar-refractivity contribution in [1.29, 1.82) is 0 Å². The second kappa shape index (κ2) is 8.92. The van der Waals surface area contributed by atoms with Gasteiger partial charge in [-0.05, 0) is 32.9 Å². The number of hydrogen-bond acceptors (Lipinski definition) is 4. The van der Waals surface area contributed by atoms with Crippen molar-refractivity contribution in [2.24, 2.45) is 0 Å². The van der Waals surface area contributed by atoms with Gasteiger partial charge in [-0.2, -0.15) is 0 Å². The number of piperidine rings is 1.